The number of rotatable bonds is 6. The number of aliphatic carboxylic acids is 1. The predicted molar refractivity (Wildman–Crippen MR) is 40.1 cm³/mol. The van der Waals surface area contributed by atoms with Crippen molar-refractivity contribution in [2.24, 2.45) is 0 Å². The Morgan fingerprint density at radius 2 is 1.92 bits per heavy atom. The Kier molecular flexibility index (Phi) is 11.1. The maximum Gasteiger partial charge on any atom is 1.00 e. The summed E-state index contributed by atoms with van der Waals surface area (Å²) in [6, 6.07) is 0. The average Bonchev–Trinajstić information content (AvgIpc) is 1.97. The number of carbonyl (C=O) groups is 2. The Balaban J connectivity index is 0. The van der Waals surface area contributed by atoms with Crippen LogP contribution in [0, 0.1) is 0 Å². The molecule has 4 nitrogen and oxygen atoms in total. The van der Waals surface area contributed by atoms with Crippen molar-refractivity contribution in [1.82, 2.24) is 0 Å². The van der Waals surface area contributed by atoms with Crippen molar-refractivity contribution in [1.29, 1.82) is 0 Å². The van der Waals surface area contributed by atoms with Gasteiger partial charge in [-0.1, -0.05) is 19.8 Å². The van der Waals surface area contributed by atoms with Crippen molar-refractivity contribution in [2.45, 2.75) is 32.6 Å². The number of hydrogen-bond acceptors (Lipinski definition) is 4. The molecule has 0 radical (unpaired) electrons. The SMILES string of the molecule is CCCCCOC(=O)CC(=O)[O-].[Li+]. The molecule has 0 saturated carbocycles. The minimum Gasteiger partial charge on any atom is -0.550 e. The Morgan fingerprint density at radius 1 is 1.31 bits per heavy atom. The molecule has 0 fully saturated rings. The van der Waals surface area contributed by atoms with Gasteiger partial charge in [0.15, 0.2) is 0 Å². The summed E-state index contributed by atoms with van der Waals surface area (Å²) in [4.78, 5) is 20.5. The standard InChI is InChI=1S/C8H14O4.Li/c1-2-3-4-5-12-8(11)6-7(9)10;/h2-6H2,1H3,(H,9,10);/q;+1/p-1. The van der Waals surface area contributed by atoms with Crippen LogP contribution in [0.5, 0.6) is 0 Å². The molecule has 0 aromatic heterocycles. The zero-order chi connectivity index (χ0) is 9.40. The number of ether oxygens (including phenoxy) is 1. The van der Waals surface area contributed by atoms with Gasteiger partial charge in [0.05, 0.1) is 19.0 Å². The minimum atomic E-state index is -1.39. The summed E-state index contributed by atoms with van der Waals surface area (Å²) in [6.07, 6.45) is 2.16. The van der Waals surface area contributed by atoms with E-state index >= 15 is 0 Å². The molecule has 0 amide bonds. The van der Waals surface area contributed by atoms with Crippen molar-refractivity contribution < 1.29 is 38.3 Å². The molecule has 0 saturated heterocycles. The normalized spacial score (nSPS) is 8.69. The molecular formula is C8H13LiO4. The van der Waals surface area contributed by atoms with Crippen molar-refractivity contribution in [3.05, 3.63) is 0 Å². The molecule has 0 atom stereocenters. The van der Waals surface area contributed by atoms with Gasteiger partial charge in [0.1, 0.15) is 0 Å². The smallest absolute Gasteiger partial charge is 0.550 e. The summed E-state index contributed by atoms with van der Waals surface area (Å²) in [5.74, 6) is -2.11. The third kappa shape index (κ3) is 11.5. The van der Waals surface area contributed by atoms with Crippen LogP contribution in [-0.2, 0) is 14.3 Å². The molecule has 0 aliphatic rings. The van der Waals surface area contributed by atoms with Crippen LogP contribution < -0.4 is 24.0 Å². The molecule has 0 N–H and O–H groups in total. The van der Waals surface area contributed by atoms with Gasteiger partial charge in [0, 0.05) is 0 Å². The van der Waals surface area contributed by atoms with Gasteiger partial charge >= 0.3 is 24.8 Å². The number of unbranched alkanes of at least 4 members (excludes halogenated alkanes) is 2. The Hall–Kier alpha value is -0.463. The second kappa shape index (κ2) is 9.62. The molecule has 0 aromatic rings. The summed E-state index contributed by atoms with van der Waals surface area (Å²) in [5.41, 5.74) is 0. The van der Waals surface area contributed by atoms with E-state index in [-0.39, 0.29) is 18.9 Å². The molecule has 5 heteroatoms. The first-order chi connectivity index (χ1) is 5.66. The first-order valence-electron chi connectivity index (χ1n) is 4.02. The number of carbonyl (C=O) groups excluding carboxylic acids is 2. The van der Waals surface area contributed by atoms with Gasteiger partial charge in [-0.2, -0.15) is 0 Å². The molecule has 0 rings (SSSR count). The fourth-order valence-corrected chi connectivity index (χ4v) is 0.707. The Labute approximate surface area is 89.8 Å². The second-order valence-electron chi connectivity index (χ2n) is 2.48. The number of carboxylic acids is 1. The van der Waals surface area contributed by atoms with E-state index in [0.717, 1.165) is 19.3 Å². The van der Waals surface area contributed by atoms with Crippen LogP contribution in [0.15, 0.2) is 0 Å². The first-order valence-corrected chi connectivity index (χ1v) is 4.02. The van der Waals surface area contributed by atoms with Gasteiger partial charge in [0.2, 0.25) is 0 Å². The Bertz CT molecular complexity index is 158. The molecule has 0 aliphatic carbocycles. The van der Waals surface area contributed by atoms with E-state index < -0.39 is 18.4 Å². The third-order valence-electron chi connectivity index (χ3n) is 1.30. The fourth-order valence-electron chi connectivity index (χ4n) is 0.707. The summed E-state index contributed by atoms with van der Waals surface area (Å²) < 4.78 is 4.60. The van der Waals surface area contributed by atoms with E-state index in [2.05, 4.69) is 4.74 Å². The molecule has 0 aromatic carbocycles. The van der Waals surface area contributed by atoms with Gasteiger partial charge in [-0.3, -0.25) is 4.79 Å². The number of carboxylic acid groups (broad SMARTS) is 1. The monoisotopic (exact) mass is 180 g/mol. The fraction of sp³-hybridized carbons (Fsp3) is 0.750. The van der Waals surface area contributed by atoms with Crippen LogP contribution in [0.1, 0.15) is 32.6 Å². The maximum absolute atomic E-state index is 10.6. The van der Waals surface area contributed by atoms with Crippen molar-refractivity contribution in [3.63, 3.8) is 0 Å². The van der Waals surface area contributed by atoms with E-state index in [1.54, 1.807) is 0 Å². The van der Waals surface area contributed by atoms with Crippen molar-refractivity contribution in [3.8, 4) is 0 Å². The van der Waals surface area contributed by atoms with E-state index in [0.29, 0.717) is 6.61 Å². The summed E-state index contributed by atoms with van der Waals surface area (Å²) in [7, 11) is 0. The quantitative estimate of drug-likeness (QED) is 0.187. The summed E-state index contributed by atoms with van der Waals surface area (Å²) in [5, 5.41) is 9.89. The van der Waals surface area contributed by atoms with Crippen LogP contribution in [0.4, 0.5) is 0 Å². The number of esters is 1. The van der Waals surface area contributed by atoms with Gasteiger partial charge < -0.3 is 14.6 Å². The zero-order valence-corrected chi connectivity index (χ0v) is 8.17. The summed E-state index contributed by atoms with van der Waals surface area (Å²) >= 11 is 0. The average molecular weight is 180 g/mol. The van der Waals surface area contributed by atoms with Gasteiger partial charge in [0.25, 0.3) is 0 Å². The van der Waals surface area contributed by atoms with Crippen molar-refractivity contribution in [2.75, 3.05) is 6.61 Å². The molecule has 0 bridgehead atoms. The molecule has 70 valence electrons. The van der Waals surface area contributed by atoms with Gasteiger partial charge in [-0.05, 0) is 6.42 Å². The van der Waals surface area contributed by atoms with Crippen LogP contribution in [0.3, 0.4) is 0 Å². The van der Waals surface area contributed by atoms with Crippen molar-refractivity contribution >= 4 is 11.9 Å². The van der Waals surface area contributed by atoms with Gasteiger partial charge in [-0.25, -0.2) is 0 Å². The molecule has 0 aliphatic heterocycles. The first kappa shape index (κ1) is 15.0. The van der Waals surface area contributed by atoms with Crippen LogP contribution in [0.2, 0.25) is 0 Å². The molecule has 0 spiro atoms. The van der Waals surface area contributed by atoms with Crippen LogP contribution >= 0.6 is 0 Å². The minimum absolute atomic E-state index is 0. The van der Waals surface area contributed by atoms with Crippen LogP contribution in [0.25, 0.3) is 0 Å². The van der Waals surface area contributed by atoms with Gasteiger partial charge in [-0.15, -0.1) is 0 Å². The molecule has 0 heterocycles. The second-order valence-corrected chi connectivity index (χ2v) is 2.48. The topological polar surface area (TPSA) is 66.4 Å². The largest absolute Gasteiger partial charge is 1.00 e. The molecule has 13 heavy (non-hydrogen) atoms. The molecular weight excluding hydrogens is 167 g/mol. The number of hydrogen-bond donors (Lipinski definition) is 0. The van der Waals surface area contributed by atoms with E-state index in [4.69, 9.17) is 0 Å². The summed E-state index contributed by atoms with van der Waals surface area (Å²) in [6.45, 7) is 2.34. The Morgan fingerprint density at radius 3 is 2.38 bits per heavy atom. The zero-order valence-electron chi connectivity index (χ0n) is 8.17. The van der Waals surface area contributed by atoms with E-state index in [1.165, 1.54) is 0 Å². The van der Waals surface area contributed by atoms with E-state index in [9.17, 15) is 14.7 Å². The van der Waals surface area contributed by atoms with Crippen LogP contribution in [-0.4, -0.2) is 18.5 Å². The third-order valence-corrected chi connectivity index (χ3v) is 1.30. The predicted octanol–water partition coefficient (Wildman–Crippen LogP) is -3.14. The van der Waals surface area contributed by atoms with E-state index in [1.807, 2.05) is 6.92 Å². The maximum atomic E-state index is 10.6. The molecule has 0 unspecified atom stereocenters.